The number of carboxylic acid groups (broad SMARTS) is 1. The fraction of sp³-hybridized carbons (Fsp3) is 0.688. The zero-order valence-corrected chi connectivity index (χ0v) is 14.4. The molecule has 1 aromatic heterocycles. The van der Waals surface area contributed by atoms with Crippen molar-refractivity contribution in [3.63, 3.8) is 0 Å². The SMILES string of the molecule is CCC1c2nc[nH]c2CCN1C(=O)OC1CCCC1.O=C(O)C(F)(F)F. The summed E-state index contributed by atoms with van der Waals surface area (Å²) in [6.45, 7) is 2.81. The average molecular weight is 377 g/mol. The van der Waals surface area contributed by atoms with Crippen molar-refractivity contribution in [2.45, 2.75) is 63.8 Å². The molecule has 0 aromatic carbocycles. The molecule has 0 spiro atoms. The molecular formula is C16H22F3N3O4. The van der Waals surface area contributed by atoms with Crippen LogP contribution in [0, 0.1) is 0 Å². The highest BCUT2D eigenvalue weighted by molar-refractivity contribution is 5.73. The maximum atomic E-state index is 12.3. The van der Waals surface area contributed by atoms with Gasteiger partial charge in [0.2, 0.25) is 0 Å². The maximum Gasteiger partial charge on any atom is 0.490 e. The first-order valence-electron chi connectivity index (χ1n) is 8.53. The van der Waals surface area contributed by atoms with Crippen LogP contribution in [0.5, 0.6) is 0 Å². The molecule has 2 aliphatic rings. The molecule has 1 saturated carbocycles. The summed E-state index contributed by atoms with van der Waals surface area (Å²) in [5.41, 5.74) is 2.17. The lowest BCUT2D eigenvalue weighted by Gasteiger charge is -2.34. The van der Waals surface area contributed by atoms with Gasteiger partial charge in [-0.1, -0.05) is 6.92 Å². The molecular weight excluding hydrogens is 355 g/mol. The number of hydrogen-bond donors (Lipinski definition) is 2. The summed E-state index contributed by atoms with van der Waals surface area (Å²) < 4.78 is 37.4. The fourth-order valence-electron chi connectivity index (χ4n) is 3.20. The van der Waals surface area contributed by atoms with Gasteiger partial charge < -0.3 is 14.8 Å². The third-order valence-corrected chi connectivity index (χ3v) is 4.48. The first-order chi connectivity index (χ1) is 12.2. The zero-order chi connectivity index (χ0) is 19.3. The van der Waals surface area contributed by atoms with Gasteiger partial charge in [0, 0.05) is 18.7 Å². The second-order valence-electron chi connectivity index (χ2n) is 6.23. The monoisotopic (exact) mass is 377 g/mol. The van der Waals surface area contributed by atoms with E-state index in [0.717, 1.165) is 43.6 Å². The lowest BCUT2D eigenvalue weighted by Crippen LogP contribution is -2.41. The molecule has 7 nitrogen and oxygen atoms in total. The van der Waals surface area contributed by atoms with Gasteiger partial charge in [-0.3, -0.25) is 4.90 Å². The summed E-state index contributed by atoms with van der Waals surface area (Å²) in [6, 6.07) is 0.0592. The second-order valence-corrected chi connectivity index (χ2v) is 6.23. The molecule has 1 unspecified atom stereocenters. The van der Waals surface area contributed by atoms with Crippen molar-refractivity contribution in [3.05, 3.63) is 17.7 Å². The number of alkyl halides is 3. The Labute approximate surface area is 148 Å². The number of carbonyl (C=O) groups is 2. The Kier molecular flexibility index (Phi) is 6.49. The van der Waals surface area contributed by atoms with Crippen LogP contribution in [0.3, 0.4) is 0 Å². The number of amides is 1. The van der Waals surface area contributed by atoms with Gasteiger partial charge in [-0.15, -0.1) is 0 Å². The lowest BCUT2D eigenvalue weighted by atomic mass is 10.0. The number of nitrogens with one attached hydrogen (secondary N) is 1. The Balaban J connectivity index is 0.000000298. The smallest absolute Gasteiger partial charge is 0.475 e. The van der Waals surface area contributed by atoms with E-state index in [4.69, 9.17) is 14.6 Å². The highest BCUT2D eigenvalue weighted by Crippen LogP contribution is 2.31. The standard InChI is InChI=1S/C14H21N3O2.C2HF3O2/c1-2-12-13-11(15-9-16-13)7-8-17(12)14(18)19-10-5-3-4-6-10;3-2(4,5)1(6)7/h9-10,12H,2-8H2,1H3,(H,15,16);(H,6,7). The molecule has 2 heterocycles. The van der Waals surface area contributed by atoms with Crippen LogP contribution in [0.1, 0.15) is 56.5 Å². The van der Waals surface area contributed by atoms with E-state index in [1.165, 1.54) is 12.8 Å². The molecule has 0 radical (unpaired) electrons. The summed E-state index contributed by atoms with van der Waals surface area (Å²) in [7, 11) is 0. The summed E-state index contributed by atoms with van der Waals surface area (Å²) in [6.07, 6.45) is 2.71. The number of nitrogens with zero attached hydrogens (tertiary/aromatic N) is 2. The topological polar surface area (TPSA) is 95.5 Å². The third kappa shape index (κ3) is 4.89. The van der Waals surface area contributed by atoms with Crippen molar-refractivity contribution in [3.8, 4) is 0 Å². The van der Waals surface area contributed by atoms with E-state index in [9.17, 15) is 18.0 Å². The summed E-state index contributed by atoms with van der Waals surface area (Å²) in [5, 5.41) is 7.12. The number of imidazole rings is 1. The predicted molar refractivity (Wildman–Crippen MR) is 84.5 cm³/mol. The predicted octanol–water partition coefficient (Wildman–Crippen LogP) is 3.43. The van der Waals surface area contributed by atoms with Crippen LogP contribution in [0.4, 0.5) is 18.0 Å². The molecule has 0 saturated heterocycles. The van der Waals surface area contributed by atoms with E-state index in [2.05, 4.69) is 16.9 Å². The highest BCUT2D eigenvalue weighted by Gasteiger charge is 2.38. The van der Waals surface area contributed by atoms with E-state index in [1.807, 2.05) is 4.90 Å². The minimum atomic E-state index is -5.08. The van der Waals surface area contributed by atoms with Gasteiger partial charge in [-0.05, 0) is 32.1 Å². The minimum Gasteiger partial charge on any atom is -0.475 e. The van der Waals surface area contributed by atoms with Gasteiger partial charge >= 0.3 is 18.2 Å². The Morgan fingerprint density at radius 2 is 2.00 bits per heavy atom. The largest absolute Gasteiger partial charge is 0.490 e. The van der Waals surface area contributed by atoms with Crippen molar-refractivity contribution in [1.29, 1.82) is 0 Å². The number of H-pyrrole nitrogens is 1. The van der Waals surface area contributed by atoms with Gasteiger partial charge in [0.1, 0.15) is 6.10 Å². The van der Waals surface area contributed by atoms with Gasteiger partial charge in [-0.25, -0.2) is 14.6 Å². The molecule has 1 fully saturated rings. The Morgan fingerprint density at radius 1 is 1.38 bits per heavy atom. The van der Waals surface area contributed by atoms with Crippen molar-refractivity contribution in [2.24, 2.45) is 0 Å². The lowest BCUT2D eigenvalue weighted by molar-refractivity contribution is -0.192. The zero-order valence-electron chi connectivity index (χ0n) is 14.4. The number of halogens is 3. The Morgan fingerprint density at radius 3 is 2.54 bits per heavy atom. The first kappa shape index (κ1) is 20.1. The molecule has 1 aliphatic heterocycles. The van der Waals surface area contributed by atoms with E-state index in [-0.39, 0.29) is 18.2 Å². The minimum absolute atomic E-state index is 0.0592. The maximum absolute atomic E-state index is 12.3. The molecule has 3 rings (SSSR count). The molecule has 1 amide bonds. The molecule has 1 aromatic rings. The molecule has 10 heteroatoms. The van der Waals surface area contributed by atoms with Crippen LogP contribution in [-0.2, 0) is 16.0 Å². The number of aromatic amines is 1. The van der Waals surface area contributed by atoms with Crippen LogP contribution >= 0.6 is 0 Å². The van der Waals surface area contributed by atoms with Gasteiger partial charge in [0.05, 0.1) is 18.1 Å². The normalized spacial score (nSPS) is 20.2. The van der Waals surface area contributed by atoms with E-state index in [0.29, 0.717) is 0 Å². The van der Waals surface area contributed by atoms with Crippen molar-refractivity contribution in [2.75, 3.05) is 6.54 Å². The van der Waals surface area contributed by atoms with Crippen LogP contribution in [-0.4, -0.2) is 50.9 Å². The van der Waals surface area contributed by atoms with Gasteiger partial charge in [0.15, 0.2) is 0 Å². The summed E-state index contributed by atoms with van der Waals surface area (Å²) >= 11 is 0. The van der Waals surface area contributed by atoms with Crippen molar-refractivity contribution < 1.29 is 32.6 Å². The quantitative estimate of drug-likeness (QED) is 0.823. The highest BCUT2D eigenvalue weighted by atomic mass is 19.4. The average Bonchev–Trinajstić information content (AvgIpc) is 3.24. The number of hydrogen-bond acceptors (Lipinski definition) is 4. The molecule has 26 heavy (non-hydrogen) atoms. The number of aliphatic carboxylic acids is 1. The number of rotatable bonds is 2. The van der Waals surface area contributed by atoms with Crippen molar-refractivity contribution in [1.82, 2.24) is 14.9 Å². The number of ether oxygens (including phenoxy) is 1. The van der Waals surface area contributed by atoms with Crippen molar-refractivity contribution >= 4 is 12.1 Å². The van der Waals surface area contributed by atoms with Crippen LogP contribution in [0.2, 0.25) is 0 Å². The van der Waals surface area contributed by atoms with Crippen LogP contribution < -0.4 is 0 Å². The number of fused-ring (bicyclic) bond motifs is 1. The molecule has 146 valence electrons. The van der Waals surface area contributed by atoms with E-state index < -0.39 is 12.1 Å². The fourth-order valence-corrected chi connectivity index (χ4v) is 3.20. The summed E-state index contributed by atoms with van der Waals surface area (Å²) in [4.78, 5) is 30.6. The molecule has 0 bridgehead atoms. The Hall–Kier alpha value is -2.26. The Bertz CT molecular complexity index is 627. The number of aromatic nitrogens is 2. The third-order valence-electron chi connectivity index (χ3n) is 4.48. The van der Waals surface area contributed by atoms with Gasteiger partial charge in [0.25, 0.3) is 0 Å². The van der Waals surface area contributed by atoms with E-state index in [1.54, 1.807) is 6.33 Å². The molecule has 1 atom stereocenters. The number of carboxylic acids is 1. The van der Waals surface area contributed by atoms with E-state index >= 15 is 0 Å². The molecule has 1 aliphatic carbocycles. The van der Waals surface area contributed by atoms with Crippen LogP contribution in [0.25, 0.3) is 0 Å². The second kappa shape index (κ2) is 8.41. The summed E-state index contributed by atoms with van der Waals surface area (Å²) in [5.74, 6) is -2.76. The molecule has 2 N–H and O–H groups in total. The van der Waals surface area contributed by atoms with Crippen LogP contribution in [0.15, 0.2) is 6.33 Å². The number of carbonyl (C=O) groups excluding carboxylic acids is 1. The first-order valence-corrected chi connectivity index (χ1v) is 8.53. The van der Waals surface area contributed by atoms with Gasteiger partial charge in [-0.2, -0.15) is 13.2 Å².